The van der Waals surface area contributed by atoms with Crippen molar-refractivity contribution >= 4 is 45.6 Å². The quantitative estimate of drug-likeness (QED) is 0.519. The standard InChI is InChI=1S/C20H24N6OS2/c1-13-7-8-15(11-14(13)2)22-19-24-25-20(29-19)28-12-18(27)23-17-9-10-21-26(17)16-5-3-4-6-16/h7-11,16H,3-6,12H2,1-2H3,(H,22,24)(H,23,27). The molecule has 0 saturated heterocycles. The molecule has 0 spiro atoms. The van der Waals surface area contributed by atoms with Crippen molar-refractivity contribution in [2.24, 2.45) is 0 Å². The summed E-state index contributed by atoms with van der Waals surface area (Å²) in [6.45, 7) is 4.17. The second kappa shape index (κ2) is 8.96. The van der Waals surface area contributed by atoms with Crippen molar-refractivity contribution in [3.05, 3.63) is 41.6 Å². The van der Waals surface area contributed by atoms with Crippen LogP contribution in [0.5, 0.6) is 0 Å². The first-order chi connectivity index (χ1) is 14.1. The second-order valence-electron chi connectivity index (χ2n) is 7.23. The largest absolute Gasteiger partial charge is 0.330 e. The van der Waals surface area contributed by atoms with E-state index in [0.29, 0.717) is 6.04 Å². The molecule has 2 heterocycles. The van der Waals surface area contributed by atoms with Gasteiger partial charge in [0.2, 0.25) is 11.0 Å². The molecular formula is C20H24N6OS2. The fraction of sp³-hybridized carbons (Fsp3) is 0.400. The third-order valence-corrected chi connectivity index (χ3v) is 7.07. The lowest BCUT2D eigenvalue weighted by Gasteiger charge is -2.14. The molecule has 3 aromatic rings. The van der Waals surface area contributed by atoms with Gasteiger partial charge in [0.15, 0.2) is 4.34 Å². The van der Waals surface area contributed by atoms with Crippen LogP contribution >= 0.6 is 23.1 Å². The zero-order valence-corrected chi connectivity index (χ0v) is 18.1. The Labute approximate surface area is 178 Å². The average Bonchev–Trinajstić information content (AvgIpc) is 3.45. The Morgan fingerprint density at radius 3 is 2.83 bits per heavy atom. The van der Waals surface area contributed by atoms with Crippen molar-refractivity contribution in [1.29, 1.82) is 0 Å². The first kappa shape index (κ1) is 19.9. The van der Waals surface area contributed by atoms with E-state index in [0.717, 1.165) is 33.8 Å². The van der Waals surface area contributed by atoms with Gasteiger partial charge in [0, 0.05) is 11.8 Å². The van der Waals surface area contributed by atoms with Crippen molar-refractivity contribution in [2.75, 3.05) is 16.4 Å². The molecule has 1 aromatic carbocycles. The number of benzene rings is 1. The third kappa shape index (κ3) is 4.97. The van der Waals surface area contributed by atoms with Crippen LogP contribution in [-0.4, -0.2) is 31.6 Å². The molecule has 1 saturated carbocycles. The van der Waals surface area contributed by atoms with Crippen LogP contribution in [0.3, 0.4) is 0 Å². The fourth-order valence-corrected chi connectivity index (χ4v) is 4.99. The van der Waals surface area contributed by atoms with E-state index >= 15 is 0 Å². The number of aryl methyl sites for hydroxylation is 2. The number of rotatable bonds is 7. The van der Waals surface area contributed by atoms with Gasteiger partial charge in [-0.3, -0.25) is 4.79 Å². The van der Waals surface area contributed by atoms with Gasteiger partial charge in [0.25, 0.3) is 0 Å². The summed E-state index contributed by atoms with van der Waals surface area (Å²) in [4.78, 5) is 12.4. The average molecular weight is 429 g/mol. The van der Waals surface area contributed by atoms with Crippen molar-refractivity contribution in [3.8, 4) is 0 Å². The third-order valence-electron chi connectivity index (χ3n) is 5.10. The first-order valence-electron chi connectivity index (χ1n) is 9.72. The van der Waals surface area contributed by atoms with Crippen LogP contribution in [-0.2, 0) is 4.79 Å². The van der Waals surface area contributed by atoms with Gasteiger partial charge in [0.05, 0.1) is 18.0 Å². The number of nitrogens with zero attached hydrogens (tertiary/aromatic N) is 4. The van der Waals surface area contributed by atoms with E-state index in [4.69, 9.17) is 0 Å². The maximum Gasteiger partial charge on any atom is 0.235 e. The molecule has 0 bridgehead atoms. The Hall–Kier alpha value is -2.39. The van der Waals surface area contributed by atoms with E-state index in [1.165, 1.54) is 47.1 Å². The van der Waals surface area contributed by atoms with Crippen LogP contribution in [0, 0.1) is 13.8 Å². The number of amides is 1. The summed E-state index contributed by atoms with van der Waals surface area (Å²) in [5.74, 6) is 0.999. The highest BCUT2D eigenvalue weighted by atomic mass is 32.2. The number of nitrogens with one attached hydrogen (secondary N) is 2. The fourth-order valence-electron chi connectivity index (χ4n) is 3.42. The molecule has 152 valence electrons. The minimum Gasteiger partial charge on any atom is -0.330 e. The predicted molar refractivity (Wildman–Crippen MR) is 118 cm³/mol. The van der Waals surface area contributed by atoms with Crippen LogP contribution in [0.15, 0.2) is 34.8 Å². The predicted octanol–water partition coefficient (Wildman–Crippen LogP) is 4.94. The van der Waals surface area contributed by atoms with E-state index in [1.807, 2.05) is 16.8 Å². The Bertz CT molecular complexity index is 993. The Morgan fingerprint density at radius 1 is 1.21 bits per heavy atom. The number of carbonyl (C=O) groups excluding carboxylic acids is 1. The molecule has 0 unspecified atom stereocenters. The molecule has 0 radical (unpaired) electrons. The smallest absolute Gasteiger partial charge is 0.235 e. The minimum atomic E-state index is -0.0615. The lowest BCUT2D eigenvalue weighted by atomic mass is 10.1. The molecule has 1 aliphatic rings. The molecule has 0 aliphatic heterocycles. The zero-order valence-electron chi connectivity index (χ0n) is 16.5. The Morgan fingerprint density at radius 2 is 2.03 bits per heavy atom. The van der Waals surface area contributed by atoms with Gasteiger partial charge in [-0.2, -0.15) is 5.10 Å². The van der Waals surface area contributed by atoms with Gasteiger partial charge in [0.1, 0.15) is 5.82 Å². The maximum absolute atomic E-state index is 12.4. The number of anilines is 3. The van der Waals surface area contributed by atoms with E-state index in [9.17, 15) is 4.79 Å². The lowest BCUT2D eigenvalue weighted by Crippen LogP contribution is -2.19. The molecule has 4 rings (SSSR count). The Balaban J connectivity index is 1.30. The first-order valence-corrected chi connectivity index (χ1v) is 11.5. The van der Waals surface area contributed by atoms with Crippen LogP contribution in [0.4, 0.5) is 16.6 Å². The van der Waals surface area contributed by atoms with Crippen LogP contribution < -0.4 is 10.6 Å². The summed E-state index contributed by atoms with van der Waals surface area (Å²) in [7, 11) is 0. The number of aromatic nitrogens is 4. The summed E-state index contributed by atoms with van der Waals surface area (Å²) in [6, 6.07) is 8.45. The van der Waals surface area contributed by atoms with E-state index in [-0.39, 0.29) is 11.7 Å². The zero-order chi connectivity index (χ0) is 20.2. The number of thioether (sulfide) groups is 1. The summed E-state index contributed by atoms with van der Waals surface area (Å²) < 4.78 is 2.71. The molecule has 1 aliphatic carbocycles. The number of hydrogen-bond donors (Lipinski definition) is 2. The highest BCUT2D eigenvalue weighted by molar-refractivity contribution is 8.01. The summed E-state index contributed by atoms with van der Waals surface area (Å²) in [6.07, 6.45) is 6.45. The van der Waals surface area contributed by atoms with Gasteiger partial charge in [-0.25, -0.2) is 4.68 Å². The Kier molecular flexibility index (Phi) is 6.15. The van der Waals surface area contributed by atoms with Crippen molar-refractivity contribution in [3.63, 3.8) is 0 Å². The van der Waals surface area contributed by atoms with Gasteiger partial charge in [-0.15, -0.1) is 10.2 Å². The molecule has 29 heavy (non-hydrogen) atoms. The molecule has 1 amide bonds. The van der Waals surface area contributed by atoms with E-state index in [2.05, 4.69) is 51.9 Å². The molecule has 1 fully saturated rings. The number of hydrogen-bond acceptors (Lipinski definition) is 7. The molecule has 7 nitrogen and oxygen atoms in total. The summed E-state index contributed by atoms with van der Waals surface area (Å²) >= 11 is 2.83. The lowest BCUT2D eigenvalue weighted by molar-refractivity contribution is -0.113. The molecule has 2 aromatic heterocycles. The molecular weight excluding hydrogens is 404 g/mol. The highest BCUT2D eigenvalue weighted by Gasteiger charge is 2.20. The van der Waals surface area contributed by atoms with E-state index in [1.54, 1.807) is 6.20 Å². The van der Waals surface area contributed by atoms with Crippen molar-refractivity contribution in [1.82, 2.24) is 20.0 Å². The van der Waals surface area contributed by atoms with Crippen LogP contribution in [0.1, 0.15) is 42.9 Å². The van der Waals surface area contributed by atoms with Gasteiger partial charge >= 0.3 is 0 Å². The topological polar surface area (TPSA) is 84.7 Å². The molecule has 2 N–H and O–H groups in total. The normalized spacial score (nSPS) is 14.3. The molecule has 0 atom stereocenters. The monoisotopic (exact) mass is 428 g/mol. The van der Waals surface area contributed by atoms with Crippen LogP contribution in [0.2, 0.25) is 0 Å². The van der Waals surface area contributed by atoms with Crippen molar-refractivity contribution in [2.45, 2.75) is 49.9 Å². The highest BCUT2D eigenvalue weighted by Crippen LogP contribution is 2.32. The minimum absolute atomic E-state index is 0.0615. The molecule has 9 heteroatoms. The van der Waals surface area contributed by atoms with Gasteiger partial charge in [-0.05, 0) is 49.9 Å². The summed E-state index contributed by atoms with van der Waals surface area (Å²) in [5, 5.41) is 19.7. The maximum atomic E-state index is 12.4. The van der Waals surface area contributed by atoms with Gasteiger partial charge in [-0.1, -0.05) is 42.0 Å². The second-order valence-corrected chi connectivity index (χ2v) is 9.43. The van der Waals surface area contributed by atoms with E-state index < -0.39 is 0 Å². The van der Waals surface area contributed by atoms with Crippen LogP contribution in [0.25, 0.3) is 0 Å². The van der Waals surface area contributed by atoms with Crippen molar-refractivity contribution < 1.29 is 4.79 Å². The SMILES string of the molecule is Cc1ccc(Nc2nnc(SCC(=O)Nc3ccnn3C3CCCC3)s2)cc1C. The van der Waals surface area contributed by atoms with Gasteiger partial charge < -0.3 is 10.6 Å². The number of carbonyl (C=O) groups is 1. The summed E-state index contributed by atoms with van der Waals surface area (Å²) in [5.41, 5.74) is 3.46.